The number of nitrogens with zero attached hydrogens (tertiary/aromatic N) is 2. The summed E-state index contributed by atoms with van der Waals surface area (Å²) in [7, 11) is 1.90. The molecule has 0 aromatic carbocycles. The van der Waals surface area contributed by atoms with Crippen molar-refractivity contribution < 1.29 is 0 Å². The van der Waals surface area contributed by atoms with Crippen LogP contribution in [0.3, 0.4) is 0 Å². The Morgan fingerprint density at radius 2 is 1.72 bits per heavy atom. The predicted molar refractivity (Wildman–Crippen MR) is 78.4 cm³/mol. The molecule has 0 spiro atoms. The van der Waals surface area contributed by atoms with Crippen LogP contribution in [0.1, 0.15) is 51.9 Å². The zero-order chi connectivity index (χ0) is 13.8. The highest BCUT2D eigenvalue weighted by atomic mass is 15.1. The predicted octanol–water partition coefficient (Wildman–Crippen LogP) is 3.34. The molecule has 0 aliphatic carbocycles. The highest BCUT2D eigenvalue weighted by molar-refractivity contribution is 5.57. The Morgan fingerprint density at radius 1 is 1.11 bits per heavy atom. The summed E-state index contributed by atoms with van der Waals surface area (Å²) in [5, 5.41) is 6.56. The van der Waals surface area contributed by atoms with Gasteiger partial charge < -0.3 is 10.6 Å². The first-order valence-electron chi connectivity index (χ1n) is 6.71. The van der Waals surface area contributed by atoms with Crippen LogP contribution in [-0.2, 0) is 5.41 Å². The quantitative estimate of drug-likeness (QED) is 0.787. The Labute approximate surface area is 111 Å². The van der Waals surface area contributed by atoms with Gasteiger partial charge in [0, 0.05) is 24.6 Å². The zero-order valence-corrected chi connectivity index (χ0v) is 12.5. The van der Waals surface area contributed by atoms with Gasteiger partial charge in [0.1, 0.15) is 17.5 Å². The maximum atomic E-state index is 4.66. The first-order chi connectivity index (χ1) is 8.40. The van der Waals surface area contributed by atoms with E-state index in [0.717, 1.165) is 36.0 Å². The van der Waals surface area contributed by atoms with Gasteiger partial charge >= 0.3 is 0 Å². The molecule has 1 heterocycles. The molecule has 0 unspecified atom stereocenters. The molecule has 0 fully saturated rings. The van der Waals surface area contributed by atoms with Gasteiger partial charge in [-0.15, -0.1) is 0 Å². The third-order valence-corrected chi connectivity index (χ3v) is 2.88. The molecule has 4 heteroatoms. The van der Waals surface area contributed by atoms with Gasteiger partial charge in [-0.05, 0) is 13.3 Å². The fraction of sp³-hybridized carbons (Fsp3) is 0.714. The van der Waals surface area contributed by atoms with E-state index in [1.54, 1.807) is 0 Å². The van der Waals surface area contributed by atoms with Crippen LogP contribution in [0, 0.1) is 6.92 Å². The summed E-state index contributed by atoms with van der Waals surface area (Å²) in [4.78, 5) is 9.25. The van der Waals surface area contributed by atoms with Crippen LogP contribution in [0.15, 0.2) is 0 Å². The van der Waals surface area contributed by atoms with E-state index in [9.17, 15) is 0 Å². The summed E-state index contributed by atoms with van der Waals surface area (Å²) >= 11 is 0. The molecule has 4 nitrogen and oxygen atoms in total. The van der Waals surface area contributed by atoms with Gasteiger partial charge in [-0.3, -0.25) is 0 Å². The van der Waals surface area contributed by atoms with Crippen molar-refractivity contribution in [2.45, 2.75) is 52.9 Å². The van der Waals surface area contributed by atoms with E-state index in [0.29, 0.717) is 0 Å². The molecule has 1 aromatic heterocycles. The number of nitrogens with one attached hydrogen (secondary N) is 2. The maximum absolute atomic E-state index is 4.66. The molecule has 0 saturated carbocycles. The summed E-state index contributed by atoms with van der Waals surface area (Å²) in [6.45, 7) is 11.6. The van der Waals surface area contributed by atoms with Crippen LogP contribution in [0.25, 0.3) is 0 Å². The Hall–Kier alpha value is -1.32. The largest absolute Gasteiger partial charge is 0.373 e. The first-order valence-corrected chi connectivity index (χ1v) is 6.71. The molecule has 18 heavy (non-hydrogen) atoms. The number of aromatic nitrogens is 2. The maximum Gasteiger partial charge on any atom is 0.138 e. The SMILES string of the molecule is CCCCNc1nc(C(C)(C)C)nc(NC)c1C. The molecule has 1 aromatic rings. The Morgan fingerprint density at radius 3 is 2.22 bits per heavy atom. The minimum absolute atomic E-state index is 0.0412. The smallest absolute Gasteiger partial charge is 0.138 e. The summed E-state index contributed by atoms with van der Waals surface area (Å²) in [5.41, 5.74) is 1.04. The van der Waals surface area contributed by atoms with Gasteiger partial charge in [0.15, 0.2) is 0 Å². The topological polar surface area (TPSA) is 49.8 Å². The van der Waals surface area contributed by atoms with Crippen LogP contribution >= 0.6 is 0 Å². The van der Waals surface area contributed by atoms with Crippen molar-refractivity contribution in [1.29, 1.82) is 0 Å². The number of rotatable bonds is 5. The van der Waals surface area contributed by atoms with Crippen molar-refractivity contribution in [1.82, 2.24) is 9.97 Å². The van der Waals surface area contributed by atoms with E-state index >= 15 is 0 Å². The van der Waals surface area contributed by atoms with Gasteiger partial charge in [0.05, 0.1) is 0 Å². The van der Waals surface area contributed by atoms with E-state index in [-0.39, 0.29) is 5.41 Å². The lowest BCUT2D eigenvalue weighted by molar-refractivity contribution is 0.546. The molecule has 0 bridgehead atoms. The molecule has 0 radical (unpaired) electrons. The number of hydrogen-bond donors (Lipinski definition) is 2. The minimum Gasteiger partial charge on any atom is -0.373 e. The highest BCUT2D eigenvalue weighted by Crippen LogP contribution is 2.25. The molecular formula is C14H26N4. The van der Waals surface area contributed by atoms with E-state index in [1.807, 2.05) is 14.0 Å². The Bertz CT molecular complexity index is 394. The molecule has 0 atom stereocenters. The number of hydrogen-bond acceptors (Lipinski definition) is 4. The lowest BCUT2D eigenvalue weighted by atomic mass is 9.95. The second kappa shape index (κ2) is 6.03. The summed E-state index contributed by atoms with van der Waals surface area (Å²) < 4.78 is 0. The van der Waals surface area contributed by atoms with E-state index in [2.05, 4.69) is 48.3 Å². The fourth-order valence-corrected chi connectivity index (χ4v) is 1.65. The molecule has 2 N–H and O–H groups in total. The number of anilines is 2. The van der Waals surface area contributed by atoms with Crippen molar-refractivity contribution in [3.05, 3.63) is 11.4 Å². The van der Waals surface area contributed by atoms with Gasteiger partial charge in [-0.1, -0.05) is 34.1 Å². The van der Waals surface area contributed by atoms with Gasteiger partial charge in [0.2, 0.25) is 0 Å². The van der Waals surface area contributed by atoms with Crippen LogP contribution in [0.4, 0.5) is 11.6 Å². The molecule has 0 aliphatic heterocycles. The molecule has 0 aliphatic rings. The molecule has 102 valence electrons. The second-order valence-electron chi connectivity index (χ2n) is 5.65. The van der Waals surface area contributed by atoms with E-state index < -0.39 is 0 Å². The minimum atomic E-state index is -0.0412. The average molecular weight is 250 g/mol. The third kappa shape index (κ3) is 3.59. The lowest BCUT2D eigenvalue weighted by Crippen LogP contribution is -2.19. The fourth-order valence-electron chi connectivity index (χ4n) is 1.65. The molecule has 0 amide bonds. The molecular weight excluding hydrogens is 224 g/mol. The zero-order valence-electron chi connectivity index (χ0n) is 12.5. The van der Waals surface area contributed by atoms with Crippen LogP contribution in [0.5, 0.6) is 0 Å². The summed E-state index contributed by atoms with van der Waals surface area (Å²) in [6.07, 6.45) is 2.34. The summed E-state index contributed by atoms with van der Waals surface area (Å²) in [6, 6.07) is 0. The van der Waals surface area contributed by atoms with Crippen molar-refractivity contribution in [2.75, 3.05) is 24.2 Å². The highest BCUT2D eigenvalue weighted by Gasteiger charge is 2.20. The monoisotopic (exact) mass is 250 g/mol. The third-order valence-electron chi connectivity index (χ3n) is 2.88. The Kier molecular flexibility index (Phi) is 4.93. The van der Waals surface area contributed by atoms with Crippen LogP contribution in [-0.4, -0.2) is 23.6 Å². The van der Waals surface area contributed by atoms with Crippen molar-refractivity contribution in [2.24, 2.45) is 0 Å². The van der Waals surface area contributed by atoms with Crippen molar-refractivity contribution in [3.8, 4) is 0 Å². The normalized spacial score (nSPS) is 11.4. The standard InChI is InChI=1S/C14H26N4/c1-7-8-9-16-12-10(2)11(15-6)17-13(18-12)14(3,4)5/h7-9H2,1-6H3,(H2,15,16,17,18). The van der Waals surface area contributed by atoms with Crippen LogP contribution < -0.4 is 10.6 Å². The average Bonchev–Trinajstić information content (AvgIpc) is 2.30. The first kappa shape index (κ1) is 14.7. The second-order valence-corrected chi connectivity index (χ2v) is 5.65. The Balaban J connectivity index is 3.07. The van der Waals surface area contributed by atoms with Crippen molar-refractivity contribution in [3.63, 3.8) is 0 Å². The van der Waals surface area contributed by atoms with Crippen molar-refractivity contribution >= 4 is 11.6 Å². The van der Waals surface area contributed by atoms with Gasteiger partial charge in [0.25, 0.3) is 0 Å². The van der Waals surface area contributed by atoms with Gasteiger partial charge in [-0.25, -0.2) is 9.97 Å². The van der Waals surface area contributed by atoms with E-state index in [4.69, 9.17) is 0 Å². The molecule has 1 rings (SSSR count). The van der Waals surface area contributed by atoms with E-state index in [1.165, 1.54) is 6.42 Å². The number of unbranched alkanes of at least 4 members (excludes halogenated alkanes) is 1. The van der Waals surface area contributed by atoms with Gasteiger partial charge in [-0.2, -0.15) is 0 Å². The molecule has 0 saturated heterocycles. The van der Waals surface area contributed by atoms with Crippen LogP contribution in [0.2, 0.25) is 0 Å². The summed E-state index contributed by atoms with van der Waals surface area (Å²) in [5.74, 6) is 2.73. The lowest BCUT2D eigenvalue weighted by Gasteiger charge is -2.20.